The van der Waals surface area contributed by atoms with Crippen LogP contribution in [0.1, 0.15) is 21.9 Å². The highest BCUT2D eigenvalue weighted by Gasteiger charge is 2.35. The highest BCUT2D eigenvalue weighted by atomic mass is 35.5. The van der Waals surface area contributed by atoms with Crippen molar-refractivity contribution in [3.63, 3.8) is 0 Å². The van der Waals surface area contributed by atoms with Gasteiger partial charge in [0.05, 0.1) is 18.6 Å². The maximum atomic E-state index is 13.0. The number of nitrogens with zero attached hydrogens (tertiary/aromatic N) is 2. The van der Waals surface area contributed by atoms with Crippen molar-refractivity contribution < 1.29 is 38.0 Å². The van der Waals surface area contributed by atoms with Gasteiger partial charge in [0, 0.05) is 27.4 Å². The van der Waals surface area contributed by atoms with Crippen LogP contribution in [0, 0.1) is 10.1 Å². The van der Waals surface area contributed by atoms with E-state index in [0.29, 0.717) is 10.7 Å². The molecule has 0 bridgehead atoms. The van der Waals surface area contributed by atoms with Crippen molar-refractivity contribution in [1.29, 1.82) is 0 Å². The highest BCUT2D eigenvalue weighted by molar-refractivity contribution is 6.31. The summed E-state index contributed by atoms with van der Waals surface area (Å²) in [7, 11) is 1.17. The summed E-state index contributed by atoms with van der Waals surface area (Å²) in [6.45, 7) is -0.947. The maximum absolute atomic E-state index is 13.0. The van der Waals surface area contributed by atoms with Crippen molar-refractivity contribution in [2.24, 2.45) is 0 Å². The number of nitrogens with one attached hydrogen (secondary N) is 2. The molecule has 1 aliphatic heterocycles. The molecular formula is C25H18Cl2N4O9. The molecule has 0 aliphatic carbocycles. The minimum Gasteiger partial charge on any atom is -0.476 e. The fourth-order valence-electron chi connectivity index (χ4n) is 3.57. The van der Waals surface area contributed by atoms with E-state index in [2.05, 4.69) is 15.4 Å². The Morgan fingerprint density at radius 3 is 2.52 bits per heavy atom. The average molecular weight is 589 g/mol. The highest BCUT2D eigenvalue weighted by Crippen LogP contribution is 2.36. The first-order chi connectivity index (χ1) is 19.0. The van der Waals surface area contributed by atoms with Crippen LogP contribution in [0.4, 0.5) is 16.2 Å². The second-order valence-corrected chi connectivity index (χ2v) is 8.95. The van der Waals surface area contributed by atoms with Crippen LogP contribution in [-0.4, -0.2) is 47.4 Å². The lowest BCUT2D eigenvalue weighted by molar-refractivity contribution is -0.385. The van der Waals surface area contributed by atoms with Crippen LogP contribution in [0.3, 0.4) is 0 Å². The lowest BCUT2D eigenvalue weighted by Gasteiger charge is -2.11. The Balaban J connectivity index is 1.57. The van der Waals surface area contributed by atoms with Gasteiger partial charge in [0.1, 0.15) is 11.5 Å². The molecule has 1 aromatic heterocycles. The van der Waals surface area contributed by atoms with E-state index in [0.717, 1.165) is 17.0 Å². The van der Waals surface area contributed by atoms with Gasteiger partial charge in [-0.3, -0.25) is 24.6 Å². The fourth-order valence-corrected chi connectivity index (χ4v) is 3.91. The summed E-state index contributed by atoms with van der Waals surface area (Å²) < 4.78 is 15.4. The molecule has 0 spiro atoms. The number of urea groups is 1. The number of amides is 4. The number of nitro benzene ring substituents is 1. The van der Waals surface area contributed by atoms with Crippen molar-refractivity contribution >= 4 is 64.5 Å². The van der Waals surface area contributed by atoms with Crippen LogP contribution in [0.5, 0.6) is 5.75 Å². The predicted octanol–water partition coefficient (Wildman–Crippen LogP) is 4.39. The number of esters is 1. The fraction of sp³-hybridized carbons (Fsp3) is 0.120. The summed E-state index contributed by atoms with van der Waals surface area (Å²) in [5.74, 6) is -2.52. The summed E-state index contributed by atoms with van der Waals surface area (Å²) in [6.07, 6.45) is 1.13. The van der Waals surface area contributed by atoms with Gasteiger partial charge in [-0.1, -0.05) is 23.2 Å². The van der Waals surface area contributed by atoms with Crippen LogP contribution in [-0.2, 0) is 20.9 Å². The monoisotopic (exact) mass is 588 g/mol. The number of furan rings is 1. The van der Waals surface area contributed by atoms with Gasteiger partial charge in [0.15, 0.2) is 6.61 Å². The first-order valence-electron chi connectivity index (χ1n) is 11.2. The average Bonchev–Trinajstić information content (AvgIpc) is 3.49. The summed E-state index contributed by atoms with van der Waals surface area (Å²) in [5.41, 5.74) is -0.453. The molecule has 206 valence electrons. The molecule has 2 aromatic carbocycles. The lowest BCUT2D eigenvalue weighted by atomic mass is 10.1. The zero-order valence-corrected chi connectivity index (χ0v) is 21.9. The van der Waals surface area contributed by atoms with E-state index < -0.39 is 41.0 Å². The number of ether oxygens (including phenoxy) is 2. The number of rotatable bonds is 9. The maximum Gasteiger partial charge on any atom is 0.373 e. The number of benzene rings is 2. The van der Waals surface area contributed by atoms with Crippen molar-refractivity contribution in [2.75, 3.05) is 19.0 Å². The van der Waals surface area contributed by atoms with Crippen molar-refractivity contribution in [3.8, 4) is 5.75 Å². The van der Waals surface area contributed by atoms with E-state index in [1.54, 1.807) is 24.3 Å². The van der Waals surface area contributed by atoms with Crippen LogP contribution < -0.4 is 15.4 Å². The predicted molar refractivity (Wildman–Crippen MR) is 141 cm³/mol. The van der Waals surface area contributed by atoms with Crippen molar-refractivity contribution in [3.05, 3.63) is 91.5 Å². The van der Waals surface area contributed by atoms with E-state index in [4.69, 9.17) is 32.4 Å². The van der Waals surface area contributed by atoms with Crippen LogP contribution >= 0.6 is 23.2 Å². The largest absolute Gasteiger partial charge is 0.476 e. The van der Waals surface area contributed by atoms with Crippen molar-refractivity contribution in [2.45, 2.75) is 6.54 Å². The zero-order chi connectivity index (χ0) is 29.0. The smallest absolute Gasteiger partial charge is 0.373 e. The number of carbonyl (C=O) groups excluding carboxylic acids is 4. The van der Waals surface area contributed by atoms with E-state index in [9.17, 15) is 29.3 Å². The van der Waals surface area contributed by atoms with Gasteiger partial charge < -0.3 is 24.5 Å². The number of halogens is 2. The Bertz CT molecular complexity index is 1550. The molecule has 40 heavy (non-hydrogen) atoms. The summed E-state index contributed by atoms with van der Waals surface area (Å²) in [4.78, 5) is 61.3. The van der Waals surface area contributed by atoms with Crippen molar-refractivity contribution in [1.82, 2.24) is 10.2 Å². The van der Waals surface area contributed by atoms with E-state index in [1.165, 1.54) is 25.3 Å². The van der Waals surface area contributed by atoms with E-state index in [-0.39, 0.29) is 40.1 Å². The molecule has 4 amide bonds. The van der Waals surface area contributed by atoms with Gasteiger partial charge >= 0.3 is 17.7 Å². The summed E-state index contributed by atoms with van der Waals surface area (Å²) in [6, 6.07) is 10.4. The number of hydrogen-bond donors (Lipinski definition) is 2. The molecule has 4 rings (SSSR count). The second kappa shape index (κ2) is 11.9. The Morgan fingerprint density at radius 2 is 1.85 bits per heavy atom. The Hall–Kier alpha value is -4.88. The number of carbonyl (C=O) groups is 4. The molecule has 2 heterocycles. The number of imide groups is 1. The standard InChI is InChI=1S/C25H18Cl2N4O9/c1-38-24(34)20-7-6-17(40-20)11-30-23(33)18(29-25(30)35)9-13-8-15(27)10-19(31(36)37)22(13)39-12-21(32)28-16-4-2-14(26)3-5-16/h2-10H,11-12H2,1H3,(H,28,32)(H,29,35)/b18-9-. The molecule has 1 saturated heterocycles. The quantitative estimate of drug-likeness (QED) is 0.121. The third-order valence-corrected chi connectivity index (χ3v) is 5.83. The molecule has 1 fully saturated rings. The molecule has 0 radical (unpaired) electrons. The van der Waals surface area contributed by atoms with Gasteiger partial charge in [-0.15, -0.1) is 0 Å². The minimum absolute atomic E-state index is 0.0463. The molecule has 1 aliphatic rings. The van der Waals surface area contributed by atoms with Gasteiger partial charge in [-0.25, -0.2) is 9.59 Å². The zero-order valence-electron chi connectivity index (χ0n) is 20.4. The van der Waals surface area contributed by atoms with Gasteiger partial charge in [-0.2, -0.15) is 0 Å². The number of nitro groups is 1. The van der Waals surface area contributed by atoms with Crippen LogP contribution in [0.2, 0.25) is 10.0 Å². The second-order valence-electron chi connectivity index (χ2n) is 8.08. The summed E-state index contributed by atoms with van der Waals surface area (Å²) in [5, 5.41) is 17.0. The third-order valence-electron chi connectivity index (χ3n) is 5.36. The molecule has 3 aromatic rings. The minimum atomic E-state index is -0.811. The molecule has 13 nitrogen and oxygen atoms in total. The molecule has 15 heteroatoms. The Labute approximate surface area is 235 Å². The van der Waals surface area contributed by atoms with Gasteiger partial charge in [0.2, 0.25) is 11.5 Å². The third kappa shape index (κ3) is 6.39. The summed E-state index contributed by atoms with van der Waals surface area (Å²) >= 11 is 11.9. The number of methoxy groups -OCH3 is 1. The van der Waals surface area contributed by atoms with E-state index in [1.807, 2.05) is 0 Å². The van der Waals surface area contributed by atoms with Gasteiger partial charge in [-0.05, 0) is 48.5 Å². The van der Waals surface area contributed by atoms with Gasteiger partial charge in [0.25, 0.3) is 11.8 Å². The molecular weight excluding hydrogens is 571 g/mol. The Kier molecular flexibility index (Phi) is 8.36. The van der Waals surface area contributed by atoms with Crippen LogP contribution in [0.25, 0.3) is 6.08 Å². The molecule has 2 N–H and O–H groups in total. The van der Waals surface area contributed by atoms with Crippen LogP contribution in [0.15, 0.2) is 58.6 Å². The topological polar surface area (TPSA) is 170 Å². The Morgan fingerprint density at radius 1 is 1.12 bits per heavy atom. The lowest BCUT2D eigenvalue weighted by Crippen LogP contribution is -2.30. The number of anilines is 1. The molecule has 0 atom stereocenters. The first kappa shape index (κ1) is 28.1. The molecule has 0 saturated carbocycles. The normalized spacial score (nSPS) is 13.8. The van der Waals surface area contributed by atoms with E-state index >= 15 is 0 Å². The number of hydrogen-bond acceptors (Lipinski definition) is 9. The SMILES string of the molecule is COC(=O)c1ccc(CN2C(=O)N/C(=C\c3cc(Cl)cc([N+](=O)[O-])c3OCC(=O)Nc3ccc(Cl)cc3)C2=O)o1. The molecule has 0 unspecified atom stereocenters. The first-order valence-corrected chi connectivity index (χ1v) is 12.0.